The smallest absolute Gasteiger partial charge is 0.277 e. The SMILES string of the molecule is CC1(C)CON(Cc2ccccc2Cl)C1=O.Cc1c(C(=O)c2c[nH]n(C)c2=O)ccc(S(C)(=O)=O)c1C1=NOCC1. The fraction of sp³-hybridized carbons (Fsp3) is 0.357. The second kappa shape index (κ2) is 11.6. The summed E-state index contributed by atoms with van der Waals surface area (Å²) in [6.45, 7) is 6.59. The Morgan fingerprint density at radius 1 is 1.15 bits per heavy atom. The van der Waals surface area contributed by atoms with E-state index in [4.69, 9.17) is 21.3 Å². The fourth-order valence-electron chi connectivity index (χ4n) is 4.45. The van der Waals surface area contributed by atoms with Crippen LogP contribution < -0.4 is 5.56 Å². The highest BCUT2D eigenvalue weighted by atomic mass is 35.5. The highest BCUT2D eigenvalue weighted by Gasteiger charge is 2.40. The summed E-state index contributed by atoms with van der Waals surface area (Å²) >= 11 is 6.03. The third-order valence-corrected chi connectivity index (χ3v) is 8.31. The van der Waals surface area contributed by atoms with Crippen LogP contribution in [0.5, 0.6) is 0 Å². The number of nitrogens with one attached hydrogen (secondary N) is 1. The lowest BCUT2D eigenvalue weighted by Crippen LogP contribution is -2.30. The van der Waals surface area contributed by atoms with E-state index in [0.29, 0.717) is 48.0 Å². The van der Waals surface area contributed by atoms with Crippen LogP contribution in [-0.4, -0.2) is 60.1 Å². The van der Waals surface area contributed by atoms with Gasteiger partial charge in [-0.15, -0.1) is 0 Å². The van der Waals surface area contributed by atoms with Gasteiger partial charge in [-0.1, -0.05) is 35.0 Å². The molecule has 5 rings (SSSR count). The number of hydrogen-bond donors (Lipinski definition) is 1. The van der Waals surface area contributed by atoms with Crippen LogP contribution in [0.3, 0.4) is 0 Å². The molecule has 1 N–H and O–H groups in total. The van der Waals surface area contributed by atoms with Gasteiger partial charge in [-0.25, -0.2) is 13.5 Å². The first kappa shape index (κ1) is 30.2. The quantitative estimate of drug-likeness (QED) is 0.426. The molecule has 0 radical (unpaired) electrons. The Hall–Kier alpha value is -3.74. The zero-order valence-electron chi connectivity index (χ0n) is 23.4. The number of sulfone groups is 1. The number of H-pyrrole nitrogens is 1. The first-order valence-corrected chi connectivity index (χ1v) is 15.0. The van der Waals surface area contributed by atoms with E-state index in [9.17, 15) is 22.8 Å². The van der Waals surface area contributed by atoms with Gasteiger partial charge in [-0.3, -0.25) is 23.9 Å². The van der Waals surface area contributed by atoms with Gasteiger partial charge in [0.15, 0.2) is 15.6 Å². The third-order valence-electron chi connectivity index (χ3n) is 6.81. The molecule has 13 heteroatoms. The van der Waals surface area contributed by atoms with Gasteiger partial charge in [0.05, 0.1) is 29.2 Å². The number of carbonyl (C=O) groups excluding carboxylic acids is 2. The van der Waals surface area contributed by atoms with E-state index in [-0.39, 0.29) is 21.9 Å². The number of benzene rings is 2. The Bertz CT molecular complexity index is 1710. The number of aryl methyl sites for hydroxylation is 1. The molecule has 41 heavy (non-hydrogen) atoms. The van der Waals surface area contributed by atoms with E-state index < -0.39 is 26.6 Å². The maximum Gasteiger partial charge on any atom is 0.277 e. The first-order valence-electron chi connectivity index (χ1n) is 12.7. The maximum atomic E-state index is 12.8. The molecule has 1 saturated heterocycles. The molecule has 1 amide bonds. The van der Waals surface area contributed by atoms with Crippen LogP contribution in [0.15, 0.2) is 57.4 Å². The van der Waals surface area contributed by atoms with E-state index in [1.54, 1.807) is 6.92 Å². The van der Waals surface area contributed by atoms with Crippen LogP contribution in [0.1, 0.15) is 52.9 Å². The zero-order chi connectivity index (χ0) is 30.1. The van der Waals surface area contributed by atoms with Crippen LogP contribution >= 0.6 is 11.6 Å². The molecule has 0 spiro atoms. The molecular weight excluding hydrogens is 572 g/mol. The van der Waals surface area contributed by atoms with Crippen molar-refractivity contribution >= 4 is 38.8 Å². The topological polar surface area (TPSA) is 140 Å². The molecule has 0 bridgehead atoms. The molecule has 2 aliphatic rings. The summed E-state index contributed by atoms with van der Waals surface area (Å²) in [6.07, 6.45) is 2.89. The minimum Gasteiger partial charge on any atom is -0.395 e. The molecule has 1 fully saturated rings. The molecule has 0 atom stereocenters. The van der Waals surface area contributed by atoms with Crippen molar-refractivity contribution in [3.8, 4) is 0 Å². The molecule has 3 heterocycles. The van der Waals surface area contributed by atoms with Gasteiger partial charge in [0, 0.05) is 42.1 Å². The van der Waals surface area contributed by atoms with E-state index in [1.807, 2.05) is 38.1 Å². The van der Waals surface area contributed by atoms with E-state index in [2.05, 4.69) is 10.3 Å². The molecule has 3 aromatic rings. The number of hydrogen-bond acceptors (Lipinski definition) is 8. The Balaban J connectivity index is 0.000000208. The maximum absolute atomic E-state index is 12.8. The Morgan fingerprint density at radius 3 is 2.39 bits per heavy atom. The summed E-state index contributed by atoms with van der Waals surface area (Å²) in [5.41, 5.74) is 1.59. The van der Waals surface area contributed by atoms with Gasteiger partial charge >= 0.3 is 0 Å². The Kier molecular flexibility index (Phi) is 8.57. The van der Waals surface area contributed by atoms with Crippen LogP contribution in [0.2, 0.25) is 5.02 Å². The number of halogens is 1. The van der Waals surface area contributed by atoms with Crippen molar-refractivity contribution in [2.24, 2.45) is 17.6 Å². The Labute approximate surface area is 242 Å². The Morgan fingerprint density at radius 2 is 1.85 bits per heavy atom. The van der Waals surface area contributed by atoms with Gasteiger partial charge in [0.2, 0.25) is 0 Å². The summed E-state index contributed by atoms with van der Waals surface area (Å²) in [4.78, 5) is 47.2. The summed E-state index contributed by atoms with van der Waals surface area (Å²) in [5, 5.41) is 8.61. The van der Waals surface area contributed by atoms with Crippen LogP contribution in [-0.2, 0) is 37.9 Å². The number of nitrogens with zero attached hydrogens (tertiary/aromatic N) is 3. The van der Waals surface area contributed by atoms with Crippen molar-refractivity contribution in [1.29, 1.82) is 0 Å². The molecular formula is C28H31ClN4O7S. The standard InChI is InChI=1S/C16H17N3O5S.C12H14ClNO2/c1-9-10(15(20)11-8-17-19(2)16(11)21)4-5-13(25(3,22)23)14(9)12-6-7-24-18-12;1-12(2)8-16-14(11(12)15)7-9-5-3-4-6-10(9)13/h4-5,8,17H,6-7H2,1-3H3;3-6H,7-8H2,1-2H3. The molecule has 2 aliphatic heterocycles. The number of amides is 1. The van der Waals surface area contributed by atoms with Crippen molar-refractivity contribution in [2.75, 3.05) is 19.5 Å². The number of rotatable bonds is 6. The number of aromatic nitrogens is 2. The highest BCUT2D eigenvalue weighted by Crippen LogP contribution is 2.30. The molecule has 2 aromatic carbocycles. The van der Waals surface area contributed by atoms with Crippen LogP contribution in [0.25, 0.3) is 0 Å². The molecule has 0 aliphatic carbocycles. The number of oxime groups is 1. The fourth-order valence-corrected chi connectivity index (χ4v) is 5.60. The molecule has 11 nitrogen and oxygen atoms in total. The van der Waals surface area contributed by atoms with Gasteiger partial charge in [-0.2, -0.15) is 0 Å². The second-order valence-corrected chi connectivity index (χ2v) is 12.9. The highest BCUT2D eigenvalue weighted by molar-refractivity contribution is 7.90. The van der Waals surface area contributed by atoms with Gasteiger partial charge in [-0.05, 0) is 50.1 Å². The predicted octanol–water partition coefficient (Wildman–Crippen LogP) is 3.42. The lowest BCUT2D eigenvalue weighted by atomic mass is 9.93. The summed E-state index contributed by atoms with van der Waals surface area (Å²) in [6, 6.07) is 10.3. The minimum atomic E-state index is -3.52. The average molecular weight is 603 g/mol. The van der Waals surface area contributed by atoms with Gasteiger partial charge in [0.25, 0.3) is 11.5 Å². The number of hydroxylamine groups is 2. The largest absolute Gasteiger partial charge is 0.395 e. The van der Waals surface area contributed by atoms with Crippen molar-refractivity contribution < 1.29 is 27.7 Å². The summed E-state index contributed by atoms with van der Waals surface area (Å²) in [7, 11) is -2.02. The first-order chi connectivity index (χ1) is 19.2. The zero-order valence-corrected chi connectivity index (χ0v) is 24.9. The number of carbonyl (C=O) groups is 2. The van der Waals surface area contributed by atoms with Crippen molar-refractivity contribution in [1.82, 2.24) is 14.8 Å². The molecule has 0 unspecified atom stereocenters. The van der Waals surface area contributed by atoms with E-state index >= 15 is 0 Å². The van der Waals surface area contributed by atoms with Gasteiger partial charge in [0.1, 0.15) is 12.2 Å². The molecule has 1 aromatic heterocycles. The van der Waals surface area contributed by atoms with Crippen molar-refractivity contribution in [2.45, 2.75) is 38.6 Å². The van der Waals surface area contributed by atoms with Crippen LogP contribution in [0, 0.1) is 12.3 Å². The number of ketones is 1. The lowest BCUT2D eigenvalue weighted by molar-refractivity contribution is -0.165. The summed E-state index contributed by atoms with van der Waals surface area (Å²) < 4.78 is 25.5. The predicted molar refractivity (Wildman–Crippen MR) is 153 cm³/mol. The van der Waals surface area contributed by atoms with Gasteiger partial charge < -0.3 is 9.94 Å². The van der Waals surface area contributed by atoms with Crippen molar-refractivity contribution in [3.05, 3.63) is 85.8 Å². The number of aromatic amines is 1. The van der Waals surface area contributed by atoms with Crippen LogP contribution in [0.4, 0.5) is 0 Å². The molecule has 218 valence electrons. The lowest BCUT2D eigenvalue weighted by Gasteiger charge is -2.16. The normalized spacial score (nSPS) is 16.2. The van der Waals surface area contributed by atoms with E-state index in [1.165, 1.54) is 35.1 Å². The van der Waals surface area contributed by atoms with Crippen molar-refractivity contribution in [3.63, 3.8) is 0 Å². The molecule has 0 saturated carbocycles. The summed E-state index contributed by atoms with van der Waals surface area (Å²) in [5.74, 6) is -0.465. The third kappa shape index (κ3) is 6.29. The average Bonchev–Trinajstić information content (AvgIpc) is 3.62. The minimum absolute atomic E-state index is 0.00623. The monoisotopic (exact) mass is 602 g/mol. The van der Waals surface area contributed by atoms with E-state index in [0.717, 1.165) is 11.8 Å². The second-order valence-electron chi connectivity index (χ2n) is 10.5.